The van der Waals surface area contributed by atoms with Crippen molar-refractivity contribution in [3.05, 3.63) is 56.7 Å². The first-order chi connectivity index (χ1) is 10.2. The van der Waals surface area contributed by atoms with Gasteiger partial charge in [0.1, 0.15) is 0 Å². The second-order valence-electron chi connectivity index (χ2n) is 5.06. The lowest BCUT2D eigenvalue weighted by atomic mass is 10.1. The number of nitrogens with zero attached hydrogens (tertiary/aromatic N) is 1. The Morgan fingerprint density at radius 2 is 1.81 bits per heavy atom. The van der Waals surface area contributed by atoms with Gasteiger partial charge in [0, 0.05) is 29.9 Å². The van der Waals surface area contributed by atoms with Crippen molar-refractivity contribution in [2.75, 3.05) is 13.1 Å². The summed E-state index contributed by atoms with van der Waals surface area (Å²) < 4.78 is 0. The van der Waals surface area contributed by atoms with E-state index in [-0.39, 0.29) is 0 Å². The van der Waals surface area contributed by atoms with Crippen molar-refractivity contribution < 1.29 is 0 Å². The van der Waals surface area contributed by atoms with Gasteiger partial charge in [0.25, 0.3) is 0 Å². The molecule has 0 bridgehead atoms. The molecule has 1 heterocycles. The van der Waals surface area contributed by atoms with Crippen molar-refractivity contribution in [1.82, 2.24) is 10.2 Å². The summed E-state index contributed by atoms with van der Waals surface area (Å²) in [5.41, 5.74) is 2.80. The number of nitrogens with one attached hydrogen (secondary N) is 1. The summed E-state index contributed by atoms with van der Waals surface area (Å²) in [4.78, 5) is 3.72. The van der Waals surface area contributed by atoms with Crippen LogP contribution in [0.4, 0.5) is 0 Å². The standard InChI is InChI=1S/C17H23ClN2S/c1-3-20(4-2)12-15-8-6-5-7-14(15)10-19-11-17-9-16(18)13-21-17/h5-9,13,19H,3-4,10-12H2,1-2H3. The maximum Gasteiger partial charge on any atom is 0.0516 e. The third-order valence-electron chi connectivity index (χ3n) is 3.64. The normalized spacial score (nSPS) is 11.2. The van der Waals surface area contributed by atoms with Crippen LogP contribution in [0.1, 0.15) is 29.9 Å². The fraction of sp³-hybridized carbons (Fsp3) is 0.412. The molecular weight excluding hydrogens is 300 g/mol. The summed E-state index contributed by atoms with van der Waals surface area (Å²) >= 11 is 7.65. The summed E-state index contributed by atoms with van der Waals surface area (Å²) in [7, 11) is 0. The fourth-order valence-electron chi connectivity index (χ4n) is 2.34. The molecule has 0 saturated heterocycles. The maximum atomic E-state index is 5.95. The average Bonchev–Trinajstić information content (AvgIpc) is 2.91. The van der Waals surface area contributed by atoms with E-state index >= 15 is 0 Å². The van der Waals surface area contributed by atoms with Gasteiger partial charge in [-0.3, -0.25) is 4.90 Å². The Morgan fingerprint density at radius 1 is 1.10 bits per heavy atom. The predicted molar refractivity (Wildman–Crippen MR) is 92.9 cm³/mol. The van der Waals surface area contributed by atoms with Crippen LogP contribution in [0.15, 0.2) is 35.7 Å². The molecule has 0 amide bonds. The maximum absolute atomic E-state index is 5.95. The smallest absolute Gasteiger partial charge is 0.0516 e. The quantitative estimate of drug-likeness (QED) is 0.768. The van der Waals surface area contributed by atoms with Crippen molar-refractivity contribution in [2.45, 2.75) is 33.5 Å². The predicted octanol–water partition coefficient (Wildman–Crippen LogP) is 4.53. The fourth-order valence-corrected chi connectivity index (χ4v) is 3.38. The molecule has 0 spiro atoms. The van der Waals surface area contributed by atoms with Gasteiger partial charge in [-0.25, -0.2) is 0 Å². The van der Waals surface area contributed by atoms with Crippen LogP contribution in [-0.2, 0) is 19.6 Å². The van der Waals surface area contributed by atoms with Gasteiger partial charge < -0.3 is 5.32 Å². The van der Waals surface area contributed by atoms with Crippen molar-refractivity contribution in [3.63, 3.8) is 0 Å². The first-order valence-electron chi connectivity index (χ1n) is 7.45. The van der Waals surface area contributed by atoms with Gasteiger partial charge in [0.15, 0.2) is 0 Å². The molecule has 0 aliphatic heterocycles. The minimum Gasteiger partial charge on any atom is -0.308 e. The molecule has 0 unspecified atom stereocenters. The van der Waals surface area contributed by atoms with Crippen LogP contribution >= 0.6 is 22.9 Å². The minimum absolute atomic E-state index is 0.832. The lowest BCUT2D eigenvalue weighted by molar-refractivity contribution is 0.294. The number of rotatable bonds is 8. The SMILES string of the molecule is CCN(CC)Cc1ccccc1CNCc1cc(Cl)cs1. The number of hydrogen-bond acceptors (Lipinski definition) is 3. The third-order valence-corrected chi connectivity index (χ3v) is 4.93. The molecule has 114 valence electrons. The van der Waals surface area contributed by atoms with Gasteiger partial charge in [-0.2, -0.15) is 0 Å². The molecule has 21 heavy (non-hydrogen) atoms. The third kappa shape index (κ3) is 5.11. The zero-order chi connectivity index (χ0) is 15.1. The molecule has 2 aromatic rings. The van der Waals surface area contributed by atoms with Crippen LogP contribution in [0.3, 0.4) is 0 Å². The van der Waals surface area contributed by atoms with Gasteiger partial charge in [-0.1, -0.05) is 49.7 Å². The molecule has 0 aliphatic carbocycles. The molecule has 0 aliphatic rings. The van der Waals surface area contributed by atoms with Gasteiger partial charge in [-0.05, 0) is 30.3 Å². The van der Waals surface area contributed by atoms with E-state index in [0.717, 1.165) is 37.7 Å². The molecule has 4 heteroatoms. The van der Waals surface area contributed by atoms with E-state index in [1.165, 1.54) is 16.0 Å². The highest BCUT2D eigenvalue weighted by molar-refractivity contribution is 7.10. The lowest BCUT2D eigenvalue weighted by Crippen LogP contribution is -2.23. The van der Waals surface area contributed by atoms with Crippen molar-refractivity contribution in [3.8, 4) is 0 Å². The summed E-state index contributed by atoms with van der Waals surface area (Å²) in [5.74, 6) is 0. The van der Waals surface area contributed by atoms with Gasteiger partial charge in [0.05, 0.1) is 5.02 Å². The molecule has 1 N–H and O–H groups in total. The minimum atomic E-state index is 0.832. The zero-order valence-electron chi connectivity index (χ0n) is 12.7. The number of halogens is 1. The molecule has 1 aromatic carbocycles. The molecule has 0 atom stereocenters. The van der Waals surface area contributed by atoms with Gasteiger partial charge in [0.2, 0.25) is 0 Å². The lowest BCUT2D eigenvalue weighted by Gasteiger charge is -2.20. The molecule has 1 aromatic heterocycles. The van der Waals surface area contributed by atoms with E-state index in [4.69, 9.17) is 11.6 Å². The summed E-state index contributed by atoms with van der Waals surface area (Å²) in [6, 6.07) is 10.7. The highest BCUT2D eigenvalue weighted by Crippen LogP contribution is 2.19. The highest BCUT2D eigenvalue weighted by Gasteiger charge is 2.06. The Kier molecular flexibility index (Phi) is 6.71. The van der Waals surface area contributed by atoms with Gasteiger partial charge >= 0.3 is 0 Å². The van der Waals surface area contributed by atoms with Crippen LogP contribution in [0, 0.1) is 0 Å². The van der Waals surface area contributed by atoms with Crippen molar-refractivity contribution in [1.29, 1.82) is 0 Å². The van der Waals surface area contributed by atoms with E-state index in [9.17, 15) is 0 Å². The number of benzene rings is 1. The Hall–Kier alpha value is -0.870. The Bertz CT molecular complexity index is 549. The molecule has 0 radical (unpaired) electrons. The van der Waals surface area contributed by atoms with Crippen molar-refractivity contribution >= 4 is 22.9 Å². The number of thiophene rings is 1. The second-order valence-corrected chi connectivity index (χ2v) is 6.50. The Morgan fingerprint density at radius 3 is 2.43 bits per heavy atom. The van der Waals surface area contributed by atoms with E-state index in [1.807, 2.05) is 11.4 Å². The highest BCUT2D eigenvalue weighted by atomic mass is 35.5. The summed E-state index contributed by atoms with van der Waals surface area (Å²) in [5, 5.41) is 6.33. The van der Waals surface area contributed by atoms with Crippen LogP contribution in [0.2, 0.25) is 5.02 Å². The first kappa shape index (κ1) is 16.5. The van der Waals surface area contributed by atoms with Crippen LogP contribution in [-0.4, -0.2) is 18.0 Å². The van der Waals surface area contributed by atoms with Gasteiger partial charge in [-0.15, -0.1) is 11.3 Å². The average molecular weight is 323 g/mol. The summed E-state index contributed by atoms with van der Waals surface area (Å²) in [6.07, 6.45) is 0. The molecule has 2 rings (SSSR count). The van der Waals surface area contributed by atoms with Crippen LogP contribution in [0.5, 0.6) is 0 Å². The Labute approximate surface area is 136 Å². The zero-order valence-corrected chi connectivity index (χ0v) is 14.3. The number of hydrogen-bond donors (Lipinski definition) is 1. The van der Waals surface area contributed by atoms with E-state index in [1.54, 1.807) is 11.3 Å². The molecular formula is C17H23ClN2S. The van der Waals surface area contributed by atoms with Crippen LogP contribution < -0.4 is 5.32 Å². The molecule has 0 fully saturated rings. The second kappa shape index (κ2) is 8.54. The Balaban J connectivity index is 1.93. The van der Waals surface area contributed by atoms with Crippen LogP contribution in [0.25, 0.3) is 0 Å². The van der Waals surface area contributed by atoms with E-state index in [0.29, 0.717) is 0 Å². The first-order valence-corrected chi connectivity index (χ1v) is 8.71. The van der Waals surface area contributed by atoms with E-state index < -0.39 is 0 Å². The topological polar surface area (TPSA) is 15.3 Å². The monoisotopic (exact) mass is 322 g/mol. The molecule has 0 saturated carbocycles. The van der Waals surface area contributed by atoms with Crippen molar-refractivity contribution in [2.24, 2.45) is 0 Å². The largest absolute Gasteiger partial charge is 0.308 e. The van der Waals surface area contributed by atoms with E-state index in [2.05, 4.69) is 48.3 Å². The summed E-state index contributed by atoms with van der Waals surface area (Å²) in [6.45, 7) is 9.40. The molecule has 2 nitrogen and oxygen atoms in total.